The van der Waals surface area contributed by atoms with Crippen LogP contribution < -0.4 is 5.32 Å². The van der Waals surface area contributed by atoms with Gasteiger partial charge in [-0.05, 0) is 30.9 Å². The lowest BCUT2D eigenvalue weighted by atomic mass is 10.2. The van der Waals surface area contributed by atoms with Crippen molar-refractivity contribution in [3.63, 3.8) is 0 Å². The zero-order valence-electron chi connectivity index (χ0n) is 12.2. The van der Waals surface area contributed by atoms with Gasteiger partial charge in [0.1, 0.15) is 12.1 Å². The van der Waals surface area contributed by atoms with Crippen molar-refractivity contribution in [3.8, 4) is 0 Å². The fourth-order valence-electron chi connectivity index (χ4n) is 1.65. The number of carbonyl (C=O) groups excluding carboxylic acids is 1. The van der Waals surface area contributed by atoms with E-state index in [1.807, 2.05) is 36.6 Å². The molecule has 0 aliphatic carbocycles. The second-order valence-electron chi connectivity index (χ2n) is 4.62. The average Bonchev–Trinajstić information content (AvgIpc) is 2.49. The fraction of sp³-hybridized carbons (Fsp3) is 0.467. The van der Waals surface area contributed by atoms with E-state index in [1.54, 1.807) is 18.7 Å². The highest BCUT2D eigenvalue weighted by Gasteiger charge is 2.22. The molecule has 21 heavy (non-hydrogen) atoms. The van der Waals surface area contributed by atoms with Gasteiger partial charge in [-0.25, -0.2) is 4.79 Å². The highest BCUT2D eigenvalue weighted by Crippen LogP contribution is 2.05. The van der Waals surface area contributed by atoms with Crippen molar-refractivity contribution in [2.24, 2.45) is 0 Å². The van der Waals surface area contributed by atoms with Gasteiger partial charge in [0.15, 0.2) is 0 Å². The van der Waals surface area contributed by atoms with Crippen LogP contribution in [0.1, 0.15) is 18.9 Å². The van der Waals surface area contributed by atoms with Crippen molar-refractivity contribution < 1.29 is 19.4 Å². The molecule has 2 atom stereocenters. The first-order valence-corrected chi connectivity index (χ1v) is 8.11. The molecule has 0 saturated carbocycles. The van der Waals surface area contributed by atoms with Crippen LogP contribution in [0, 0.1) is 0 Å². The molecule has 0 fully saturated rings. The topological polar surface area (TPSA) is 75.6 Å². The number of hydrogen-bond acceptors (Lipinski definition) is 4. The molecule has 1 aromatic carbocycles. The lowest BCUT2D eigenvalue weighted by molar-refractivity contribution is -0.144. The Bertz CT molecular complexity index is 452. The van der Waals surface area contributed by atoms with Gasteiger partial charge < -0.3 is 15.2 Å². The Morgan fingerprint density at radius 2 is 2.00 bits per heavy atom. The number of thioether (sulfide) groups is 1. The third-order valence-corrected chi connectivity index (χ3v) is 3.58. The number of ether oxygens (including phenoxy) is 1. The van der Waals surface area contributed by atoms with Crippen LogP contribution in [0.4, 0.5) is 0 Å². The minimum absolute atomic E-state index is 0.317. The van der Waals surface area contributed by atoms with E-state index in [0.717, 1.165) is 5.56 Å². The lowest BCUT2D eigenvalue weighted by Crippen LogP contribution is -2.45. The molecule has 0 aliphatic heterocycles. The van der Waals surface area contributed by atoms with E-state index in [0.29, 0.717) is 18.8 Å². The quantitative estimate of drug-likeness (QED) is 0.728. The lowest BCUT2D eigenvalue weighted by Gasteiger charge is -2.18. The number of carboxylic acid groups (broad SMARTS) is 1. The Morgan fingerprint density at radius 1 is 1.33 bits per heavy atom. The molecule has 1 aromatic rings. The molecule has 116 valence electrons. The molecule has 1 amide bonds. The Kier molecular flexibility index (Phi) is 7.85. The molecule has 2 N–H and O–H groups in total. The second kappa shape index (κ2) is 9.41. The van der Waals surface area contributed by atoms with Gasteiger partial charge >= 0.3 is 5.97 Å². The number of amides is 1. The standard InChI is InChI=1S/C15H21NO4S/c1-11(20-10-12-6-4-3-5-7-12)14(17)16-13(15(18)19)8-9-21-2/h3-7,11,13H,8-10H2,1-2H3,(H,16,17)(H,18,19). The molecule has 0 aromatic heterocycles. The third-order valence-electron chi connectivity index (χ3n) is 2.94. The zero-order valence-corrected chi connectivity index (χ0v) is 13.1. The van der Waals surface area contributed by atoms with Crippen molar-refractivity contribution in [3.05, 3.63) is 35.9 Å². The molecule has 0 heterocycles. The Balaban J connectivity index is 2.43. The first-order valence-electron chi connectivity index (χ1n) is 6.72. The SMILES string of the molecule is CSCCC(NC(=O)C(C)OCc1ccccc1)C(=O)O. The van der Waals surface area contributed by atoms with Crippen LogP contribution in [0.2, 0.25) is 0 Å². The number of aliphatic carboxylic acids is 1. The second-order valence-corrected chi connectivity index (χ2v) is 5.61. The van der Waals surface area contributed by atoms with Crippen LogP contribution in [-0.4, -0.2) is 41.1 Å². The summed E-state index contributed by atoms with van der Waals surface area (Å²) in [5.41, 5.74) is 0.967. The highest BCUT2D eigenvalue weighted by atomic mass is 32.2. The first-order chi connectivity index (χ1) is 10.0. The maximum absolute atomic E-state index is 11.9. The highest BCUT2D eigenvalue weighted by molar-refractivity contribution is 7.98. The zero-order chi connectivity index (χ0) is 15.7. The monoisotopic (exact) mass is 311 g/mol. The van der Waals surface area contributed by atoms with Crippen molar-refractivity contribution in [1.29, 1.82) is 0 Å². The molecule has 0 radical (unpaired) electrons. The summed E-state index contributed by atoms with van der Waals surface area (Å²) in [6.45, 7) is 1.93. The molecule has 0 aliphatic rings. The Morgan fingerprint density at radius 3 is 2.57 bits per heavy atom. The molecule has 5 nitrogen and oxygen atoms in total. The Hall–Kier alpha value is -1.53. The molecular formula is C15H21NO4S. The van der Waals surface area contributed by atoms with Gasteiger partial charge in [0.05, 0.1) is 6.61 Å². The van der Waals surface area contributed by atoms with E-state index >= 15 is 0 Å². The van der Waals surface area contributed by atoms with E-state index in [-0.39, 0.29) is 0 Å². The van der Waals surface area contributed by atoms with Crippen LogP contribution in [0.25, 0.3) is 0 Å². The number of hydrogen-bond donors (Lipinski definition) is 2. The summed E-state index contributed by atoms with van der Waals surface area (Å²) < 4.78 is 5.46. The third kappa shape index (κ3) is 6.64. The van der Waals surface area contributed by atoms with Crippen molar-refractivity contribution in [2.45, 2.75) is 32.1 Å². The van der Waals surface area contributed by atoms with E-state index in [9.17, 15) is 9.59 Å². The van der Waals surface area contributed by atoms with Crippen LogP contribution in [0.3, 0.4) is 0 Å². The van der Waals surface area contributed by atoms with E-state index < -0.39 is 24.0 Å². The Labute approximate surface area is 129 Å². The van der Waals surface area contributed by atoms with Gasteiger partial charge in [-0.15, -0.1) is 0 Å². The van der Waals surface area contributed by atoms with E-state index in [1.165, 1.54) is 0 Å². The summed E-state index contributed by atoms with van der Waals surface area (Å²) >= 11 is 1.54. The number of nitrogens with one attached hydrogen (secondary N) is 1. The minimum atomic E-state index is -1.02. The smallest absolute Gasteiger partial charge is 0.326 e. The normalized spacial score (nSPS) is 13.4. The van der Waals surface area contributed by atoms with Crippen LogP contribution in [0.5, 0.6) is 0 Å². The van der Waals surface area contributed by atoms with E-state index in [2.05, 4.69) is 5.32 Å². The molecular weight excluding hydrogens is 290 g/mol. The van der Waals surface area contributed by atoms with Crippen LogP contribution in [-0.2, 0) is 20.9 Å². The summed E-state index contributed by atoms with van der Waals surface area (Å²) in [5, 5.41) is 11.6. The van der Waals surface area contributed by atoms with Gasteiger partial charge in [-0.1, -0.05) is 30.3 Å². The minimum Gasteiger partial charge on any atom is -0.480 e. The van der Waals surface area contributed by atoms with Gasteiger partial charge in [0.25, 0.3) is 0 Å². The maximum Gasteiger partial charge on any atom is 0.326 e. The number of benzene rings is 1. The largest absolute Gasteiger partial charge is 0.480 e. The number of carboxylic acids is 1. The summed E-state index contributed by atoms with van der Waals surface area (Å²) in [6, 6.07) is 8.64. The van der Waals surface area contributed by atoms with Crippen molar-refractivity contribution in [1.82, 2.24) is 5.32 Å². The fourth-order valence-corrected chi connectivity index (χ4v) is 2.12. The predicted octanol–water partition coefficient (Wildman–Crippen LogP) is 1.91. The summed E-state index contributed by atoms with van der Waals surface area (Å²) in [6.07, 6.45) is 1.60. The van der Waals surface area contributed by atoms with Crippen LogP contribution >= 0.6 is 11.8 Å². The summed E-state index contributed by atoms with van der Waals surface area (Å²) in [5.74, 6) is -0.747. The van der Waals surface area contributed by atoms with Crippen molar-refractivity contribution in [2.75, 3.05) is 12.0 Å². The molecule has 1 rings (SSSR count). The molecule has 0 saturated heterocycles. The molecule has 6 heteroatoms. The first kappa shape index (κ1) is 17.5. The predicted molar refractivity (Wildman–Crippen MR) is 83.3 cm³/mol. The van der Waals surface area contributed by atoms with Gasteiger partial charge in [-0.2, -0.15) is 11.8 Å². The average molecular weight is 311 g/mol. The molecule has 2 unspecified atom stereocenters. The summed E-state index contributed by atoms with van der Waals surface area (Å²) in [4.78, 5) is 23.0. The number of carbonyl (C=O) groups is 2. The van der Waals surface area contributed by atoms with E-state index in [4.69, 9.17) is 9.84 Å². The summed E-state index contributed by atoms with van der Waals surface area (Å²) in [7, 11) is 0. The number of rotatable bonds is 9. The van der Waals surface area contributed by atoms with Gasteiger partial charge in [0.2, 0.25) is 5.91 Å². The molecule has 0 bridgehead atoms. The maximum atomic E-state index is 11.9. The van der Waals surface area contributed by atoms with Crippen LogP contribution in [0.15, 0.2) is 30.3 Å². The van der Waals surface area contributed by atoms with Gasteiger partial charge in [0, 0.05) is 0 Å². The van der Waals surface area contributed by atoms with Gasteiger partial charge in [-0.3, -0.25) is 4.79 Å². The molecule has 0 spiro atoms. The van der Waals surface area contributed by atoms with Crippen molar-refractivity contribution >= 4 is 23.6 Å².